The summed E-state index contributed by atoms with van der Waals surface area (Å²) in [7, 11) is 1.49. The van der Waals surface area contributed by atoms with Gasteiger partial charge in [-0.15, -0.1) is 0 Å². The normalized spacial score (nSPS) is 10.1. The average molecular weight is 361 g/mol. The van der Waals surface area contributed by atoms with Gasteiger partial charge in [-0.25, -0.2) is 0 Å². The Hall–Kier alpha value is -3.49. The average Bonchev–Trinajstić information content (AvgIpc) is 2.63. The summed E-state index contributed by atoms with van der Waals surface area (Å²) in [6.07, 6.45) is -0.0547. The van der Waals surface area contributed by atoms with E-state index in [1.807, 2.05) is 0 Å². The minimum atomic E-state index is -0.987. The summed E-state index contributed by atoms with van der Waals surface area (Å²) in [6, 6.07) is 9.59. The number of carbonyl (C=O) groups is 2. The van der Waals surface area contributed by atoms with Gasteiger partial charge in [-0.2, -0.15) is 4.39 Å². The summed E-state index contributed by atoms with van der Waals surface area (Å²) in [5, 5.41) is 15.7. The number of ether oxygens (including phenoxy) is 1. The van der Waals surface area contributed by atoms with Crippen LogP contribution in [0.1, 0.15) is 16.8 Å². The number of nitro groups is 1. The minimum Gasteiger partial charge on any atom is -0.497 e. The molecule has 2 amide bonds. The van der Waals surface area contributed by atoms with Gasteiger partial charge in [0, 0.05) is 30.3 Å². The highest BCUT2D eigenvalue weighted by atomic mass is 19.1. The van der Waals surface area contributed by atoms with Gasteiger partial charge in [0.15, 0.2) is 0 Å². The molecule has 0 saturated carbocycles. The van der Waals surface area contributed by atoms with Crippen molar-refractivity contribution >= 4 is 23.2 Å². The summed E-state index contributed by atoms with van der Waals surface area (Å²) in [6.45, 7) is 0.0607. The Balaban J connectivity index is 1.86. The van der Waals surface area contributed by atoms with Crippen molar-refractivity contribution in [3.63, 3.8) is 0 Å². The van der Waals surface area contributed by atoms with Gasteiger partial charge in [0.2, 0.25) is 11.7 Å². The van der Waals surface area contributed by atoms with Gasteiger partial charge in [0.05, 0.1) is 12.0 Å². The molecule has 0 radical (unpaired) electrons. The third kappa shape index (κ3) is 5.00. The highest BCUT2D eigenvalue weighted by Crippen LogP contribution is 2.21. The van der Waals surface area contributed by atoms with Crippen molar-refractivity contribution in [3.05, 3.63) is 64.0 Å². The Bertz CT molecular complexity index is 841. The number of amides is 2. The molecule has 9 heteroatoms. The van der Waals surface area contributed by atoms with Crippen LogP contribution in [0.15, 0.2) is 42.5 Å². The van der Waals surface area contributed by atoms with Gasteiger partial charge in [0.25, 0.3) is 5.91 Å². The van der Waals surface area contributed by atoms with Gasteiger partial charge in [0.1, 0.15) is 5.75 Å². The van der Waals surface area contributed by atoms with Crippen molar-refractivity contribution in [1.82, 2.24) is 5.32 Å². The second-order valence-corrected chi connectivity index (χ2v) is 5.21. The topological polar surface area (TPSA) is 111 Å². The van der Waals surface area contributed by atoms with Gasteiger partial charge in [-0.1, -0.05) is 6.07 Å². The van der Waals surface area contributed by atoms with Crippen molar-refractivity contribution in [2.45, 2.75) is 6.42 Å². The van der Waals surface area contributed by atoms with Crippen LogP contribution in [0.2, 0.25) is 0 Å². The Morgan fingerprint density at radius 2 is 2.00 bits per heavy atom. The maximum absolute atomic E-state index is 13.3. The fraction of sp³-hybridized carbons (Fsp3) is 0.176. The number of benzene rings is 2. The molecule has 0 aliphatic carbocycles. The van der Waals surface area contributed by atoms with E-state index >= 15 is 0 Å². The van der Waals surface area contributed by atoms with Crippen molar-refractivity contribution in [2.75, 3.05) is 19.0 Å². The number of rotatable bonds is 7. The number of hydrogen-bond acceptors (Lipinski definition) is 5. The molecule has 2 aromatic rings. The first kappa shape index (κ1) is 18.8. The van der Waals surface area contributed by atoms with Crippen LogP contribution in [0.5, 0.6) is 5.75 Å². The number of halogens is 1. The van der Waals surface area contributed by atoms with E-state index in [4.69, 9.17) is 4.74 Å². The zero-order valence-corrected chi connectivity index (χ0v) is 13.8. The largest absolute Gasteiger partial charge is 0.497 e. The van der Waals surface area contributed by atoms with Crippen LogP contribution in [-0.4, -0.2) is 30.4 Å². The predicted octanol–water partition coefficient (Wildman–Crippen LogP) is 2.50. The molecule has 2 aromatic carbocycles. The molecular formula is C17H16FN3O5. The van der Waals surface area contributed by atoms with Crippen molar-refractivity contribution in [2.24, 2.45) is 0 Å². The van der Waals surface area contributed by atoms with Crippen LogP contribution in [0, 0.1) is 15.9 Å². The van der Waals surface area contributed by atoms with Crippen molar-refractivity contribution < 1.29 is 23.6 Å². The molecule has 0 bridgehead atoms. The number of nitrogens with one attached hydrogen (secondary N) is 2. The summed E-state index contributed by atoms with van der Waals surface area (Å²) >= 11 is 0. The first-order chi connectivity index (χ1) is 12.4. The number of nitro benzene ring substituents is 1. The quantitative estimate of drug-likeness (QED) is 0.581. The Labute approximate surface area is 148 Å². The van der Waals surface area contributed by atoms with E-state index in [2.05, 4.69) is 10.6 Å². The highest BCUT2D eigenvalue weighted by Gasteiger charge is 2.15. The number of anilines is 1. The summed E-state index contributed by atoms with van der Waals surface area (Å²) < 4.78 is 18.3. The SMILES string of the molecule is COc1cccc(C(=O)NCCC(=O)Nc2ccc(F)c([N+](=O)[O-])c2)c1. The van der Waals surface area contributed by atoms with Crippen molar-refractivity contribution in [3.8, 4) is 5.75 Å². The third-order valence-electron chi connectivity index (χ3n) is 3.40. The summed E-state index contributed by atoms with van der Waals surface area (Å²) in [5.41, 5.74) is -0.240. The fourth-order valence-corrected chi connectivity index (χ4v) is 2.11. The molecule has 0 heterocycles. The molecular weight excluding hydrogens is 345 g/mol. The first-order valence-corrected chi connectivity index (χ1v) is 7.56. The van der Waals surface area contributed by atoms with Crippen LogP contribution in [-0.2, 0) is 4.79 Å². The number of carbonyl (C=O) groups excluding carboxylic acids is 2. The van der Waals surface area contributed by atoms with E-state index in [1.54, 1.807) is 24.3 Å². The van der Waals surface area contributed by atoms with Crippen LogP contribution in [0.3, 0.4) is 0 Å². The van der Waals surface area contributed by atoms with Crippen LogP contribution in [0.4, 0.5) is 15.8 Å². The standard InChI is InChI=1S/C17H16FN3O5/c1-26-13-4-2-3-11(9-13)17(23)19-8-7-16(22)20-12-5-6-14(18)15(10-12)21(24)25/h2-6,9-10H,7-8H2,1H3,(H,19,23)(H,20,22). The lowest BCUT2D eigenvalue weighted by molar-refractivity contribution is -0.387. The fourth-order valence-electron chi connectivity index (χ4n) is 2.11. The lowest BCUT2D eigenvalue weighted by Gasteiger charge is -2.08. The lowest BCUT2D eigenvalue weighted by Crippen LogP contribution is -2.27. The maximum atomic E-state index is 13.3. The first-order valence-electron chi connectivity index (χ1n) is 7.56. The Kier molecular flexibility index (Phi) is 6.20. The van der Waals surface area contributed by atoms with E-state index in [0.717, 1.165) is 12.1 Å². The molecule has 0 aromatic heterocycles. The van der Waals surface area contributed by atoms with Gasteiger partial charge >= 0.3 is 5.69 Å². The maximum Gasteiger partial charge on any atom is 0.306 e. The molecule has 2 rings (SSSR count). The second kappa shape index (κ2) is 8.56. The van der Waals surface area contributed by atoms with E-state index in [9.17, 15) is 24.1 Å². The van der Waals surface area contributed by atoms with Crippen LogP contribution in [0.25, 0.3) is 0 Å². The zero-order valence-electron chi connectivity index (χ0n) is 13.8. The molecule has 0 aliphatic rings. The van der Waals surface area contributed by atoms with Crippen LogP contribution < -0.4 is 15.4 Å². The molecule has 0 unspecified atom stereocenters. The molecule has 26 heavy (non-hydrogen) atoms. The lowest BCUT2D eigenvalue weighted by atomic mass is 10.2. The summed E-state index contributed by atoms with van der Waals surface area (Å²) in [4.78, 5) is 33.7. The molecule has 0 spiro atoms. The molecule has 0 saturated heterocycles. The molecule has 0 fully saturated rings. The molecule has 0 aliphatic heterocycles. The van der Waals surface area contributed by atoms with Gasteiger partial charge < -0.3 is 15.4 Å². The van der Waals surface area contributed by atoms with Crippen molar-refractivity contribution in [1.29, 1.82) is 0 Å². The van der Waals surface area contributed by atoms with Crippen LogP contribution >= 0.6 is 0 Å². The molecule has 136 valence electrons. The Morgan fingerprint density at radius 1 is 1.23 bits per heavy atom. The summed E-state index contributed by atoms with van der Waals surface area (Å²) in [5.74, 6) is -1.29. The molecule has 0 atom stereocenters. The zero-order chi connectivity index (χ0) is 19.1. The van der Waals surface area contributed by atoms with Gasteiger partial charge in [-0.3, -0.25) is 19.7 Å². The highest BCUT2D eigenvalue weighted by molar-refractivity contribution is 5.95. The number of nitrogens with zero attached hydrogens (tertiary/aromatic N) is 1. The number of hydrogen-bond donors (Lipinski definition) is 2. The van der Waals surface area contributed by atoms with E-state index in [1.165, 1.54) is 13.2 Å². The minimum absolute atomic E-state index is 0.0547. The monoisotopic (exact) mass is 361 g/mol. The Morgan fingerprint density at radius 3 is 2.69 bits per heavy atom. The van der Waals surface area contributed by atoms with E-state index < -0.39 is 22.3 Å². The van der Waals surface area contributed by atoms with E-state index in [0.29, 0.717) is 11.3 Å². The predicted molar refractivity (Wildman–Crippen MR) is 91.6 cm³/mol. The smallest absolute Gasteiger partial charge is 0.306 e. The second-order valence-electron chi connectivity index (χ2n) is 5.21. The van der Waals surface area contributed by atoms with E-state index in [-0.39, 0.29) is 24.6 Å². The van der Waals surface area contributed by atoms with Gasteiger partial charge in [-0.05, 0) is 30.3 Å². The molecule has 2 N–H and O–H groups in total. The molecule has 8 nitrogen and oxygen atoms in total. The number of methoxy groups -OCH3 is 1. The third-order valence-corrected chi connectivity index (χ3v) is 3.40.